The molecule has 1 aromatic heterocycles. The number of primary sulfonamides is 1. The molecule has 2 rings (SSSR count). The zero-order chi connectivity index (χ0) is 16.3. The largest absolute Gasteiger partial charge is 0.451 e. The molecule has 6 nitrogen and oxygen atoms in total. The van der Waals surface area contributed by atoms with Gasteiger partial charge in [-0.15, -0.1) is 0 Å². The summed E-state index contributed by atoms with van der Waals surface area (Å²) in [6, 6.07) is 9.28. The first-order valence-corrected chi connectivity index (χ1v) is 8.43. The molecule has 0 aliphatic carbocycles. The van der Waals surface area contributed by atoms with Crippen LogP contribution < -0.4 is 5.14 Å². The van der Waals surface area contributed by atoms with E-state index in [4.69, 9.17) is 9.56 Å². The molecule has 0 radical (unpaired) electrons. The van der Waals surface area contributed by atoms with Crippen LogP contribution in [0.5, 0.6) is 0 Å². The zero-order valence-electron chi connectivity index (χ0n) is 12.4. The van der Waals surface area contributed by atoms with Crippen LogP contribution in [0.4, 0.5) is 0 Å². The van der Waals surface area contributed by atoms with Crippen molar-refractivity contribution in [3.8, 4) is 11.3 Å². The summed E-state index contributed by atoms with van der Waals surface area (Å²) >= 11 is 0. The number of furan rings is 1. The molecule has 22 heavy (non-hydrogen) atoms. The third-order valence-electron chi connectivity index (χ3n) is 3.33. The van der Waals surface area contributed by atoms with Crippen LogP contribution in [0.2, 0.25) is 0 Å². The van der Waals surface area contributed by atoms with Crippen molar-refractivity contribution in [2.75, 3.05) is 13.1 Å². The van der Waals surface area contributed by atoms with Crippen molar-refractivity contribution in [1.29, 1.82) is 0 Å². The molecule has 1 amide bonds. The second-order valence-corrected chi connectivity index (χ2v) is 6.27. The van der Waals surface area contributed by atoms with E-state index < -0.39 is 10.0 Å². The van der Waals surface area contributed by atoms with Crippen molar-refractivity contribution >= 4 is 15.9 Å². The Kier molecular flexibility index (Phi) is 4.68. The number of carbonyl (C=O) groups excluding carboxylic acids is 1. The van der Waals surface area contributed by atoms with Crippen LogP contribution in [0.25, 0.3) is 11.3 Å². The fraction of sp³-hybridized carbons (Fsp3) is 0.267. The van der Waals surface area contributed by atoms with Crippen LogP contribution in [0, 0.1) is 0 Å². The molecule has 0 unspecified atom stereocenters. The van der Waals surface area contributed by atoms with E-state index in [1.165, 1.54) is 12.1 Å². The molecular formula is C15H18N2O4S. The maximum atomic E-state index is 12.2. The molecule has 2 aromatic rings. The van der Waals surface area contributed by atoms with E-state index in [2.05, 4.69) is 0 Å². The monoisotopic (exact) mass is 322 g/mol. The minimum atomic E-state index is -3.72. The van der Waals surface area contributed by atoms with Crippen LogP contribution in [-0.4, -0.2) is 32.3 Å². The van der Waals surface area contributed by atoms with Gasteiger partial charge in [0.15, 0.2) is 5.76 Å². The molecular weight excluding hydrogens is 304 g/mol. The third-order valence-corrected chi connectivity index (χ3v) is 4.26. The molecule has 0 atom stereocenters. The zero-order valence-corrected chi connectivity index (χ0v) is 13.3. The average Bonchev–Trinajstić information content (AvgIpc) is 2.97. The minimum Gasteiger partial charge on any atom is -0.451 e. The van der Waals surface area contributed by atoms with E-state index in [1.807, 2.05) is 13.8 Å². The number of rotatable bonds is 5. The number of benzene rings is 1. The van der Waals surface area contributed by atoms with E-state index in [0.717, 1.165) is 0 Å². The van der Waals surface area contributed by atoms with Crippen LogP contribution >= 0.6 is 0 Å². The van der Waals surface area contributed by atoms with E-state index >= 15 is 0 Å². The number of hydrogen-bond acceptors (Lipinski definition) is 4. The van der Waals surface area contributed by atoms with E-state index in [-0.39, 0.29) is 16.6 Å². The number of amides is 1. The predicted molar refractivity (Wildman–Crippen MR) is 82.8 cm³/mol. The van der Waals surface area contributed by atoms with E-state index in [1.54, 1.807) is 29.2 Å². The first kappa shape index (κ1) is 16.3. The van der Waals surface area contributed by atoms with Gasteiger partial charge >= 0.3 is 0 Å². The first-order valence-electron chi connectivity index (χ1n) is 6.89. The third kappa shape index (κ3) is 3.37. The van der Waals surface area contributed by atoms with Crippen molar-refractivity contribution in [3.05, 3.63) is 42.2 Å². The van der Waals surface area contributed by atoms with Gasteiger partial charge in [-0.2, -0.15) is 0 Å². The van der Waals surface area contributed by atoms with Crippen LogP contribution in [-0.2, 0) is 10.0 Å². The highest BCUT2D eigenvalue weighted by Crippen LogP contribution is 2.24. The fourth-order valence-corrected chi connectivity index (χ4v) is 2.60. The van der Waals surface area contributed by atoms with E-state index in [9.17, 15) is 13.2 Å². The van der Waals surface area contributed by atoms with E-state index in [0.29, 0.717) is 24.4 Å². The second kappa shape index (κ2) is 6.33. The molecule has 2 N–H and O–H groups in total. The smallest absolute Gasteiger partial charge is 0.289 e. The number of nitrogens with zero attached hydrogens (tertiary/aromatic N) is 1. The Hall–Kier alpha value is -2.12. The molecule has 0 aliphatic heterocycles. The molecule has 118 valence electrons. The summed E-state index contributed by atoms with van der Waals surface area (Å²) in [4.78, 5) is 13.9. The van der Waals surface area contributed by atoms with Gasteiger partial charge in [-0.1, -0.05) is 0 Å². The SMILES string of the molecule is CCN(CC)C(=O)c1ccc(-c2ccc(S(N)(=O)=O)cc2)o1. The summed E-state index contributed by atoms with van der Waals surface area (Å²) in [5, 5.41) is 5.05. The highest BCUT2D eigenvalue weighted by atomic mass is 32.2. The standard InChI is InChI=1S/C15H18N2O4S/c1-3-17(4-2)15(18)14-10-9-13(21-14)11-5-7-12(8-6-11)22(16,19)20/h5-10H,3-4H2,1-2H3,(H2,16,19,20). The Morgan fingerprint density at radius 1 is 1.09 bits per heavy atom. The van der Waals surface area contributed by atoms with Gasteiger partial charge in [0.05, 0.1) is 4.90 Å². The lowest BCUT2D eigenvalue weighted by molar-refractivity contribution is 0.0742. The highest BCUT2D eigenvalue weighted by molar-refractivity contribution is 7.89. The maximum Gasteiger partial charge on any atom is 0.289 e. The molecule has 0 aliphatic rings. The quantitative estimate of drug-likeness (QED) is 0.912. The minimum absolute atomic E-state index is 0.0299. The van der Waals surface area contributed by atoms with Gasteiger partial charge < -0.3 is 9.32 Å². The van der Waals surface area contributed by atoms with Crippen molar-refractivity contribution in [1.82, 2.24) is 4.90 Å². The van der Waals surface area contributed by atoms with Crippen molar-refractivity contribution < 1.29 is 17.6 Å². The number of carbonyl (C=O) groups is 1. The van der Waals surface area contributed by atoms with Gasteiger partial charge in [0.2, 0.25) is 10.0 Å². The number of hydrogen-bond donors (Lipinski definition) is 1. The van der Waals surface area contributed by atoms with Crippen molar-refractivity contribution in [2.24, 2.45) is 5.14 Å². The molecule has 1 aromatic carbocycles. The highest BCUT2D eigenvalue weighted by Gasteiger charge is 2.17. The summed E-state index contributed by atoms with van der Waals surface area (Å²) in [5.74, 6) is 0.586. The van der Waals surface area contributed by atoms with Gasteiger partial charge in [0.25, 0.3) is 5.91 Å². The van der Waals surface area contributed by atoms with Crippen LogP contribution in [0.15, 0.2) is 45.7 Å². The molecule has 0 spiro atoms. The number of nitrogens with two attached hydrogens (primary N) is 1. The average molecular weight is 322 g/mol. The lowest BCUT2D eigenvalue weighted by atomic mass is 10.2. The molecule has 0 saturated carbocycles. The topological polar surface area (TPSA) is 93.6 Å². The van der Waals surface area contributed by atoms with Gasteiger partial charge in [0.1, 0.15) is 5.76 Å². The molecule has 7 heteroatoms. The Labute approximate surface area is 129 Å². The molecule has 0 bridgehead atoms. The lowest BCUT2D eigenvalue weighted by Gasteiger charge is -2.16. The van der Waals surface area contributed by atoms with Gasteiger partial charge in [-0.05, 0) is 50.2 Å². The van der Waals surface area contributed by atoms with Crippen molar-refractivity contribution in [3.63, 3.8) is 0 Å². The fourth-order valence-electron chi connectivity index (χ4n) is 2.08. The second-order valence-electron chi connectivity index (χ2n) is 4.71. The van der Waals surface area contributed by atoms with Crippen LogP contribution in [0.1, 0.15) is 24.4 Å². The summed E-state index contributed by atoms with van der Waals surface area (Å²) in [5.41, 5.74) is 0.672. The Balaban J connectivity index is 2.27. The Bertz CT molecular complexity index is 759. The molecule has 0 fully saturated rings. The lowest BCUT2D eigenvalue weighted by Crippen LogP contribution is -2.30. The summed E-state index contributed by atoms with van der Waals surface area (Å²) in [6.45, 7) is 5.01. The predicted octanol–water partition coefficient (Wildman–Crippen LogP) is 2.08. The van der Waals surface area contributed by atoms with Gasteiger partial charge in [0, 0.05) is 18.7 Å². The molecule has 0 saturated heterocycles. The van der Waals surface area contributed by atoms with Gasteiger partial charge in [-0.25, -0.2) is 13.6 Å². The summed E-state index contributed by atoms with van der Waals surface area (Å²) < 4.78 is 28.0. The van der Waals surface area contributed by atoms with Crippen LogP contribution in [0.3, 0.4) is 0 Å². The molecule has 1 heterocycles. The maximum absolute atomic E-state index is 12.2. The first-order chi connectivity index (χ1) is 10.4. The normalized spacial score (nSPS) is 11.4. The summed E-state index contributed by atoms with van der Waals surface area (Å²) in [6.07, 6.45) is 0. The summed E-state index contributed by atoms with van der Waals surface area (Å²) in [7, 11) is -3.72. The van der Waals surface area contributed by atoms with Gasteiger partial charge in [-0.3, -0.25) is 4.79 Å². The Morgan fingerprint density at radius 3 is 2.18 bits per heavy atom. The van der Waals surface area contributed by atoms with Crippen molar-refractivity contribution in [2.45, 2.75) is 18.7 Å². The number of sulfonamides is 1. The Morgan fingerprint density at radius 2 is 1.68 bits per heavy atom.